The molecule has 4 rings (SSSR count). The minimum atomic E-state index is -0.501. The predicted octanol–water partition coefficient (Wildman–Crippen LogP) is 5.42. The first-order chi connectivity index (χ1) is 16.3. The van der Waals surface area contributed by atoms with Gasteiger partial charge in [0.2, 0.25) is 0 Å². The molecule has 2 heterocycles. The summed E-state index contributed by atoms with van der Waals surface area (Å²) in [6, 6.07) is 17.1. The number of carbonyl (C=O) groups is 1. The lowest BCUT2D eigenvalue weighted by atomic mass is 9.76. The highest BCUT2D eigenvalue weighted by molar-refractivity contribution is 6.62. The van der Waals surface area contributed by atoms with E-state index in [1.54, 1.807) is 4.68 Å². The number of para-hydroxylation sites is 1. The maximum absolute atomic E-state index is 13.0. The molecule has 0 unspecified atom stereocenters. The molecule has 1 aliphatic rings. The van der Waals surface area contributed by atoms with E-state index in [1.807, 2.05) is 89.2 Å². The van der Waals surface area contributed by atoms with E-state index < -0.39 is 18.3 Å². The van der Waals surface area contributed by atoms with Crippen molar-refractivity contribution in [1.82, 2.24) is 9.78 Å². The Hall–Kier alpha value is -3.10. The topological polar surface area (TPSA) is 77.4 Å². The quantitative estimate of drug-likeness (QED) is 0.495. The van der Waals surface area contributed by atoms with E-state index in [1.165, 1.54) is 0 Å². The van der Waals surface area contributed by atoms with Crippen LogP contribution in [0.4, 0.5) is 16.3 Å². The Labute approximate surface area is 208 Å². The number of anilines is 2. The molecule has 0 atom stereocenters. The Morgan fingerprint density at radius 2 is 1.57 bits per heavy atom. The fourth-order valence-corrected chi connectivity index (χ4v) is 3.82. The average molecular weight is 474 g/mol. The molecule has 1 aliphatic heterocycles. The van der Waals surface area contributed by atoms with Crippen LogP contribution < -0.4 is 16.1 Å². The zero-order valence-corrected chi connectivity index (χ0v) is 21.9. The van der Waals surface area contributed by atoms with Crippen LogP contribution in [0.3, 0.4) is 0 Å². The van der Waals surface area contributed by atoms with Crippen LogP contribution in [0.25, 0.3) is 5.69 Å². The number of rotatable bonds is 4. The maximum atomic E-state index is 13.0. The molecule has 1 saturated heterocycles. The second-order valence-corrected chi connectivity index (χ2v) is 11.2. The predicted molar refractivity (Wildman–Crippen MR) is 142 cm³/mol. The minimum absolute atomic E-state index is 0.165. The fourth-order valence-electron chi connectivity index (χ4n) is 3.82. The van der Waals surface area contributed by atoms with Crippen molar-refractivity contribution < 1.29 is 14.1 Å². The number of carbonyl (C=O) groups excluding carboxylic acids is 1. The molecule has 2 N–H and O–H groups in total. The smallest absolute Gasteiger partial charge is 0.399 e. The average Bonchev–Trinajstić information content (AvgIpc) is 3.27. The fraction of sp³-hybridized carbons (Fsp3) is 0.407. The van der Waals surface area contributed by atoms with Crippen molar-refractivity contribution in [3.05, 3.63) is 65.9 Å². The first kappa shape index (κ1) is 25.0. The van der Waals surface area contributed by atoms with Crippen LogP contribution in [0, 0.1) is 6.92 Å². The van der Waals surface area contributed by atoms with Gasteiger partial charge in [0.15, 0.2) is 0 Å². The summed E-state index contributed by atoms with van der Waals surface area (Å²) in [7, 11) is -0.501. The number of aryl methyl sites for hydroxylation is 1. The standard InChI is InChI=1S/C27H35BN4O3/c1-18-14-15-19(16-21(18)28-34-26(5,6)27(7,8)35-28)29-24(33)30-23-17-22(25(2,3)4)31-32(23)20-12-10-9-11-13-20/h9-17H,1-8H3,(H2,29,30,33). The molecular weight excluding hydrogens is 439 g/mol. The lowest BCUT2D eigenvalue weighted by Gasteiger charge is -2.32. The van der Waals surface area contributed by atoms with E-state index >= 15 is 0 Å². The first-order valence-corrected chi connectivity index (χ1v) is 12.0. The molecule has 3 aromatic rings. The van der Waals surface area contributed by atoms with E-state index in [-0.39, 0.29) is 11.4 Å². The first-order valence-electron chi connectivity index (χ1n) is 12.0. The molecule has 1 fully saturated rings. The number of hydrogen-bond donors (Lipinski definition) is 2. The molecule has 2 amide bonds. The van der Waals surface area contributed by atoms with E-state index in [0.29, 0.717) is 11.5 Å². The molecule has 1 aromatic heterocycles. The number of urea groups is 1. The normalized spacial score (nSPS) is 16.9. The van der Waals surface area contributed by atoms with Crippen molar-refractivity contribution >= 4 is 30.1 Å². The number of aromatic nitrogens is 2. The van der Waals surface area contributed by atoms with Gasteiger partial charge in [-0.15, -0.1) is 0 Å². The molecule has 2 aromatic carbocycles. The lowest BCUT2D eigenvalue weighted by Crippen LogP contribution is -2.41. The summed E-state index contributed by atoms with van der Waals surface area (Å²) < 4.78 is 14.2. The van der Waals surface area contributed by atoms with E-state index in [2.05, 4.69) is 31.4 Å². The summed E-state index contributed by atoms with van der Waals surface area (Å²) >= 11 is 0. The number of nitrogens with one attached hydrogen (secondary N) is 2. The van der Waals surface area contributed by atoms with E-state index in [0.717, 1.165) is 22.4 Å². The van der Waals surface area contributed by atoms with Gasteiger partial charge in [0.05, 0.1) is 22.6 Å². The van der Waals surface area contributed by atoms with Gasteiger partial charge in [-0.05, 0) is 64.3 Å². The summed E-state index contributed by atoms with van der Waals surface area (Å²) in [5.74, 6) is 0.594. The van der Waals surface area contributed by atoms with Crippen LogP contribution in [0.15, 0.2) is 54.6 Å². The van der Waals surface area contributed by atoms with Crippen molar-refractivity contribution in [3.63, 3.8) is 0 Å². The van der Waals surface area contributed by atoms with Crippen LogP contribution in [0.2, 0.25) is 0 Å². The Bertz CT molecular complexity index is 1210. The zero-order chi connectivity index (χ0) is 25.6. The van der Waals surface area contributed by atoms with Crippen LogP contribution >= 0.6 is 0 Å². The molecular formula is C27H35BN4O3. The number of nitrogens with zero attached hydrogens (tertiary/aromatic N) is 2. The minimum Gasteiger partial charge on any atom is -0.399 e. The van der Waals surface area contributed by atoms with Crippen LogP contribution in [-0.4, -0.2) is 34.1 Å². The number of benzene rings is 2. The summed E-state index contributed by atoms with van der Waals surface area (Å²) in [4.78, 5) is 13.0. The van der Waals surface area contributed by atoms with Crippen molar-refractivity contribution in [2.24, 2.45) is 0 Å². The van der Waals surface area contributed by atoms with Gasteiger partial charge in [-0.1, -0.05) is 50.6 Å². The monoisotopic (exact) mass is 474 g/mol. The SMILES string of the molecule is Cc1ccc(NC(=O)Nc2cc(C(C)(C)C)nn2-c2ccccc2)cc1B1OC(C)(C)C(C)(C)O1. The molecule has 0 bridgehead atoms. The molecule has 0 radical (unpaired) electrons. The number of hydrogen-bond acceptors (Lipinski definition) is 4. The number of amides is 2. The largest absolute Gasteiger partial charge is 0.495 e. The van der Waals surface area contributed by atoms with Gasteiger partial charge >= 0.3 is 13.1 Å². The molecule has 184 valence electrons. The third kappa shape index (κ3) is 5.14. The van der Waals surface area contributed by atoms with Crippen molar-refractivity contribution in [2.45, 2.75) is 72.0 Å². The van der Waals surface area contributed by atoms with Crippen LogP contribution in [-0.2, 0) is 14.7 Å². The van der Waals surface area contributed by atoms with Crippen LogP contribution in [0.5, 0.6) is 0 Å². The summed E-state index contributed by atoms with van der Waals surface area (Å²) in [5, 5.41) is 10.7. The molecule has 0 spiro atoms. The highest BCUT2D eigenvalue weighted by Crippen LogP contribution is 2.37. The summed E-state index contributed by atoms with van der Waals surface area (Å²) in [6.07, 6.45) is 0. The van der Waals surface area contributed by atoms with Gasteiger partial charge < -0.3 is 14.6 Å². The maximum Gasteiger partial charge on any atom is 0.495 e. The Morgan fingerprint density at radius 3 is 2.17 bits per heavy atom. The Balaban J connectivity index is 1.56. The van der Waals surface area contributed by atoms with E-state index in [9.17, 15) is 4.79 Å². The Kier molecular flexibility index (Phi) is 6.32. The van der Waals surface area contributed by atoms with Gasteiger partial charge in [-0.2, -0.15) is 5.10 Å². The van der Waals surface area contributed by atoms with Gasteiger partial charge in [-0.25, -0.2) is 9.48 Å². The third-order valence-corrected chi connectivity index (χ3v) is 6.76. The van der Waals surface area contributed by atoms with Crippen molar-refractivity contribution in [2.75, 3.05) is 10.6 Å². The molecule has 0 aliphatic carbocycles. The van der Waals surface area contributed by atoms with Gasteiger partial charge in [-0.3, -0.25) is 5.32 Å². The molecule has 0 saturated carbocycles. The van der Waals surface area contributed by atoms with Gasteiger partial charge in [0, 0.05) is 17.2 Å². The van der Waals surface area contributed by atoms with Gasteiger partial charge in [0.25, 0.3) is 0 Å². The zero-order valence-electron chi connectivity index (χ0n) is 21.9. The molecule has 35 heavy (non-hydrogen) atoms. The summed E-state index contributed by atoms with van der Waals surface area (Å²) in [6.45, 7) is 16.4. The molecule has 7 nitrogen and oxygen atoms in total. The third-order valence-electron chi connectivity index (χ3n) is 6.76. The highest BCUT2D eigenvalue weighted by atomic mass is 16.7. The second kappa shape index (κ2) is 8.84. The molecule has 8 heteroatoms. The summed E-state index contributed by atoms with van der Waals surface area (Å²) in [5.41, 5.74) is 3.29. The van der Waals surface area contributed by atoms with Crippen molar-refractivity contribution in [3.8, 4) is 5.69 Å². The second-order valence-electron chi connectivity index (χ2n) is 11.2. The van der Waals surface area contributed by atoms with Crippen LogP contribution in [0.1, 0.15) is 59.7 Å². The highest BCUT2D eigenvalue weighted by Gasteiger charge is 2.52. The van der Waals surface area contributed by atoms with E-state index in [4.69, 9.17) is 14.4 Å². The lowest BCUT2D eigenvalue weighted by molar-refractivity contribution is 0.00578. The Morgan fingerprint density at radius 1 is 0.943 bits per heavy atom. The van der Waals surface area contributed by atoms with Gasteiger partial charge in [0.1, 0.15) is 5.82 Å². The van der Waals surface area contributed by atoms with Crippen molar-refractivity contribution in [1.29, 1.82) is 0 Å².